The minimum absolute atomic E-state index is 0.123. The van der Waals surface area contributed by atoms with Crippen molar-refractivity contribution in [3.63, 3.8) is 0 Å². The van der Waals surface area contributed by atoms with Crippen LogP contribution in [0.25, 0.3) is 17.1 Å². The monoisotopic (exact) mass is 412 g/mol. The lowest BCUT2D eigenvalue weighted by atomic mass is 10.1. The third-order valence-electron chi connectivity index (χ3n) is 4.85. The highest BCUT2D eigenvalue weighted by Gasteiger charge is 2.24. The number of thioether (sulfide) groups is 1. The van der Waals surface area contributed by atoms with Crippen molar-refractivity contribution in [3.8, 4) is 17.1 Å². The number of aryl methyl sites for hydroxylation is 2. The Kier molecular flexibility index (Phi) is 5.42. The Morgan fingerprint density at radius 2 is 2.04 bits per heavy atom. The summed E-state index contributed by atoms with van der Waals surface area (Å²) in [7, 11) is 0. The van der Waals surface area contributed by atoms with Crippen LogP contribution in [0.3, 0.4) is 0 Å². The number of nitrogens with one attached hydrogen (secondary N) is 1. The first-order chi connectivity index (χ1) is 13.5. The standard InChI is InChI=1S/C21H21ClN4OS/c1-13-7-8-14(2)18(11-13)26-20(16-5-3-4-6-17(16)22)24-25-21(26)28-12-15-9-10-19(27)23-15/h3-8,11,15H,9-10,12H2,1-2H3,(H,23,27)/t15-/m1/s1. The lowest BCUT2D eigenvalue weighted by Gasteiger charge is -2.15. The van der Waals surface area contributed by atoms with E-state index in [1.165, 1.54) is 5.56 Å². The molecule has 4 rings (SSSR count). The van der Waals surface area contributed by atoms with E-state index in [4.69, 9.17) is 11.6 Å². The molecule has 1 aromatic heterocycles. The van der Waals surface area contributed by atoms with Gasteiger partial charge in [0.2, 0.25) is 5.91 Å². The minimum atomic E-state index is 0.123. The van der Waals surface area contributed by atoms with Gasteiger partial charge >= 0.3 is 0 Å². The fraction of sp³-hybridized carbons (Fsp3) is 0.286. The van der Waals surface area contributed by atoms with Gasteiger partial charge in [0.1, 0.15) is 0 Å². The summed E-state index contributed by atoms with van der Waals surface area (Å²) in [5.74, 6) is 1.60. The van der Waals surface area contributed by atoms with Crippen LogP contribution >= 0.6 is 23.4 Å². The van der Waals surface area contributed by atoms with E-state index in [0.717, 1.165) is 40.0 Å². The number of carbonyl (C=O) groups is 1. The average molecular weight is 413 g/mol. The van der Waals surface area contributed by atoms with Gasteiger partial charge in [-0.25, -0.2) is 0 Å². The SMILES string of the molecule is Cc1ccc(C)c(-n2c(SC[C@H]3CCC(=O)N3)nnc2-c2ccccc2Cl)c1. The first-order valence-electron chi connectivity index (χ1n) is 9.23. The molecule has 7 heteroatoms. The maximum absolute atomic E-state index is 11.5. The lowest BCUT2D eigenvalue weighted by Crippen LogP contribution is -2.27. The molecular weight excluding hydrogens is 392 g/mol. The van der Waals surface area contributed by atoms with Crippen molar-refractivity contribution in [1.29, 1.82) is 0 Å². The molecule has 1 aliphatic heterocycles. The quantitative estimate of drug-likeness (QED) is 0.623. The highest BCUT2D eigenvalue weighted by molar-refractivity contribution is 7.99. The number of rotatable bonds is 5. The fourth-order valence-corrected chi connectivity index (χ4v) is 4.57. The number of benzene rings is 2. The zero-order valence-corrected chi connectivity index (χ0v) is 17.3. The molecule has 1 amide bonds. The number of halogens is 1. The van der Waals surface area contributed by atoms with Crippen molar-refractivity contribution < 1.29 is 4.79 Å². The van der Waals surface area contributed by atoms with Gasteiger partial charge in [-0.05, 0) is 49.6 Å². The molecule has 0 unspecified atom stereocenters. The summed E-state index contributed by atoms with van der Waals surface area (Å²) >= 11 is 8.07. The summed E-state index contributed by atoms with van der Waals surface area (Å²) in [4.78, 5) is 11.5. The van der Waals surface area contributed by atoms with E-state index >= 15 is 0 Å². The number of amides is 1. The molecule has 0 saturated carbocycles. The zero-order valence-electron chi connectivity index (χ0n) is 15.8. The molecule has 1 saturated heterocycles. The van der Waals surface area contributed by atoms with Crippen molar-refractivity contribution >= 4 is 29.3 Å². The maximum Gasteiger partial charge on any atom is 0.220 e. The second kappa shape index (κ2) is 7.97. The van der Waals surface area contributed by atoms with Gasteiger partial charge in [0.15, 0.2) is 11.0 Å². The topological polar surface area (TPSA) is 59.8 Å². The summed E-state index contributed by atoms with van der Waals surface area (Å²) in [6, 6.07) is 14.2. The number of hydrogen-bond donors (Lipinski definition) is 1. The third kappa shape index (κ3) is 3.80. The van der Waals surface area contributed by atoms with Crippen LogP contribution in [0.1, 0.15) is 24.0 Å². The number of aromatic nitrogens is 3. The highest BCUT2D eigenvalue weighted by atomic mass is 35.5. The second-order valence-electron chi connectivity index (χ2n) is 7.03. The molecule has 5 nitrogen and oxygen atoms in total. The fourth-order valence-electron chi connectivity index (χ4n) is 3.34. The van der Waals surface area contributed by atoms with Gasteiger partial charge in [-0.3, -0.25) is 9.36 Å². The first kappa shape index (κ1) is 19.0. The van der Waals surface area contributed by atoms with E-state index < -0.39 is 0 Å². The van der Waals surface area contributed by atoms with Gasteiger partial charge in [-0.2, -0.15) is 0 Å². The Hall–Kier alpha value is -2.31. The van der Waals surface area contributed by atoms with Crippen LogP contribution in [-0.2, 0) is 4.79 Å². The molecule has 28 heavy (non-hydrogen) atoms. The normalized spacial score (nSPS) is 16.4. The van der Waals surface area contributed by atoms with Crippen LogP contribution in [0.15, 0.2) is 47.6 Å². The molecule has 0 bridgehead atoms. The van der Waals surface area contributed by atoms with Gasteiger partial charge in [0, 0.05) is 23.8 Å². The van der Waals surface area contributed by atoms with Crippen molar-refractivity contribution in [1.82, 2.24) is 20.1 Å². The van der Waals surface area contributed by atoms with Gasteiger partial charge in [-0.1, -0.05) is 47.6 Å². The van der Waals surface area contributed by atoms with E-state index in [2.05, 4.69) is 52.1 Å². The Morgan fingerprint density at radius 1 is 1.21 bits per heavy atom. The molecule has 1 N–H and O–H groups in total. The van der Waals surface area contributed by atoms with Crippen molar-refractivity contribution in [2.24, 2.45) is 0 Å². The van der Waals surface area contributed by atoms with E-state index in [1.54, 1.807) is 11.8 Å². The smallest absolute Gasteiger partial charge is 0.220 e. The van der Waals surface area contributed by atoms with Gasteiger partial charge in [-0.15, -0.1) is 10.2 Å². The summed E-state index contributed by atoms with van der Waals surface area (Å²) in [6.45, 7) is 4.15. The number of hydrogen-bond acceptors (Lipinski definition) is 4. The molecule has 2 aromatic carbocycles. The van der Waals surface area contributed by atoms with Crippen LogP contribution in [0.4, 0.5) is 0 Å². The Labute approximate surface area is 173 Å². The van der Waals surface area contributed by atoms with Crippen LogP contribution in [0.5, 0.6) is 0 Å². The summed E-state index contributed by atoms with van der Waals surface area (Å²) in [5, 5.41) is 13.4. The molecule has 144 valence electrons. The van der Waals surface area contributed by atoms with E-state index in [1.807, 2.05) is 24.3 Å². The van der Waals surface area contributed by atoms with Gasteiger partial charge in [0.05, 0.1) is 10.7 Å². The number of nitrogens with zero attached hydrogens (tertiary/aromatic N) is 3. The largest absolute Gasteiger partial charge is 0.353 e. The Bertz CT molecular complexity index is 1030. The van der Waals surface area contributed by atoms with Gasteiger partial charge in [0.25, 0.3) is 0 Å². The molecule has 2 heterocycles. The molecule has 1 atom stereocenters. The molecule has 0 radical (unpaired) electrons. The summed E-state index contributed by atoms with van der Waals surface area (Å²) in [6.07, 6.45) is 1.46. The molecule has 1 aliphatic rings. The zero-order chi connectivity index (χ0) is 19.7. The van der Waals surface area contributed by atoms with Crippen molar-refractivity contribution in [2.45, 2.75) is 37.9 Å². The maximum atomic E-state index is 11.5. The van der Waals surface area contributed by atoms with E-state index in [0.29, 0.717) is 11.4 Å². The van der Waals surface area contributed by atoms with E-state index in [-0.39, 0.29) is 11.9 Å². The Balaban J connectivity index is 1.77. The van der Waals surface area contributed by atoms with Gasteiger partial charge < -0.3 is 5.32 Å². The van der Waals surface area contributed by atoms with Crippen molar-refractivity contribution in [2.75, 3.05) is 5.75 Å². The molecule has 3 aromatic rings. The average Bonchev–Trinajstić information content (AvgIpc) is 3.28. The van der Waals surface area contributed by atoms with Crippen LogP contribution < -0.4 is 5.32 Å². The predicted molar refractivity (Wildman–Crippen MR) is 113 cm³/mol. The molecule has 1 fully saturated rings. The molecular formula is C21H21ClN4OS. The summed E-state index contributed by atoms with van der Waals surface area (Å²) in [5.41, 5.74) is 4.18. The minimum Gasteiger partial charge on any atom is -0.353 e. The molecule has 0 spiro atoms. The summed E-state index contributed by atoms with van der Waals surface area (Å²) < 4.78 is 2.07. The molecule has 0 aliphatic carbocycles. The van der Waals surface area contributed by atoms with Crippen LogP contribution in [-0.4, -0.2) is 32.5 Å². The lowest BCUT2D eigenvalue weighted by molar-refractivity contribution is -0.119. The highest BCUT2D eigenvalue weighted by Crippen LogP contribution is 2.33. The van der Waals surface area contributed by atoms with E-state index in [9.17, 15) is 4.79 Å². The predicted octanol–water partition coefficient (Wildman–Crippen LogP) is 4.58. The number of carbonyl (C=O) groups excluding carboxylic acids is 1. The van der Waals surface area contributed by atoms with Crippen LogP contribution in [0.2, 0.25) is 5.02 Å². The first-order valence-corrected chi connectivity index (χ1v) is 10.6. The van der Waals surface area contributed by atoms with Crippen molar-refractivity contribution in [3.05, 3.63) is 58.6 Å². The third-order valence-corrected chi connectivity index (χ3v) is 6.27. The van der Waals surface area contributed by atoms with Crippen LogP contribution in [0, 0.1) is 13.8 Å². The Morgan fingerprint density at radius 3 is 2.79 bits per heavy atom. The second-order valence-corrected chi connectivity index (χ2v) is 8.42.